The Morgan fingerprint density at radius 3 is 1.96 bits per heavy atom. The molecule has 0 saturated carbocycles. The summed E-state index contributed by atoms with van der Waals surface area (Å²) in [6.45, 7) is 11.7. The van der Waals surface area contributed by atoms with E-state index < -0.39 is 0 Å². The van der Waals surface area contributed by atoms with Gasteiger partial charge in [-0.25, -0.2) is 0 Å². The van der Waals surface area contributed by atoms with Gasteiger partial charge < -0.3 is 5.73 Å². The van der Waals surface area contributed by atoms with Crippen LogP contribution in [-0.2, 0) is 5.41 Å². The SMILES string of the molecule is CC(C)(C)CC(C)(C)c1ccccc1-c1ccc(N)c2ccccc12. The number of hydrogen-bond donors (Lipinski definition) is 1. The van der Waals surface area contributed by atoms with E-state index >= 15 is 0 Å². The maximum atomic E-state index is 6.21. The summed E-state index contributed by atoms with van der Waals surface area (Å²) in [6.07, 6.45) is 1.13. The Morgan fingerprint density at radius 1 is 0.680 bits per heavy atom. The second-order valence-electron chi connectivity index (χ2n) is 8.91. The van der Waals surface area contributed by atoms with Gasteiger partial charge in [0.2, 0.25) is 0 Å². The fraction of sp³-hybridized carbons (Fsp3) is 0.333. The molecule has 3 aromatic carbocycles. The molecule has 0 aliphatic rings. The molecule has 0 fully saturated rings. The molecule has 130 valence electrons. The van der Waals surface area contributed by atoms with Gasteiger partial charge in [-0.05, 0) is 45.4 Å². The van der Waals surface area contributed by atoms with Gasteiger partial charge >= 0.3 is 0 Å². The highest BCUT2D eigenvalue weighted by atomic mass is 14.5. The molecule has 0 saturated heterocycles. The molecule has 0 heterocycles. The van der Waals surface area contributed by atoms with Crippen LogP contribution >= 0.6 is 0 Å². The first-order chi connectivity index (χ1) is 11.7. The molecular weight excluding hydrogens is 302 g/mol. The van der Waals surface area contributed by atoms with Gasteiger partial charge in [-0.3, -0.25) is 0 Å². The molecule has 25 heavy (non-hydrogen) atoms. The number of fused-ring (bicyclic) bond motifs is 1. The van der Waals surface area contributed by atoms with Crippen molar-refractivity contribution in [2.75, 3.05) is 5.73 Å². The third kappa shape index (κ3) is 3.56. The summed E-state index contributed by atoms with van der Waals surface area (Å²) in [5.41, 5.74) is 11.4. The van der Waals surface area contributed by atoms with Crippen LogP contribution in [0.4, 0.5) is 5.69 Å². The van der Waals surface area contributed by atoms with Crippen molar-refractivity contribution in [3.63, 3.8) is 0 Å². The molecule has 0 atom stereocenters. The van der Waals surface area contributed by atoms with Gasteiger partial charge in [0.15, 0.2) is 0 Å². The Kier molecular flexibility index (Phi) is 4.36. The molecule has 2 N–H and O–H groups in total. The molecule has 0 aromatic heterocycles. The predicted molar refractivity (Wildman–Crippen MR) is 111 cm³/mol. The monoisotopic (exact) mass is 331 g/mol. The minimum atomic E-state index is 0.0946. The summed E-state index contributed by atoms with van der Waals surface area (Å²) >= 11 is 0. The summed E-state index contributed by atoms with van der Waals surface area (Å²) in [5.74, 6) is 0. The van der Waals surface area contributed by atoms with Crippen LogP contribution in [0.25, 0.3) is 21.9 Å². The molecule has 1 heteroatoms. The highest BCUT2D eigenvalue weighted by Gasteiger charge is 2.29. The lowest BCUT2D eigenvalue weighted by atomic mass is 9.70. The molecule has 0 unspecified atom stereocenters. The highest BCUT2D eigenvalue weighted by molar-refractivity contribution is 6.03. The first-order valence-electron chi connectivity index (χ1n) is 9.06. The topological polar surface area (TPSA) is 26.0 Å². The average Bonchev–Trinajstić information content (AvgIpc) is 2.53. The van der Waals surface area contributed by atoms with Crippen LogP contribution in [0, 0.1) is 5.41 Å². The molecule has 1 nitrogen and oxygen atoms in total. The summed E-state index contributed by atoms with van der Waals surface area (Å²) in [4.78, 5) is 0. The zero-order valence-electron chi connectivity index (χ0n) is 16.1. The van der Waals surface area contributed by atoms with Crippen molar-refractivity contribution in [3.05, 3.63) is 66.2 Å². The number of anilines is 1. The van der Waals surface area contributed by atoms with E-state index in [0.29, 0.717) is 0 Å². The molecule has 3 rings (SSSR count). The van der Waals surface area contributed by atoms with Crippen molar-refractivity contribution in [2.45, 2.75) is 46.5 Å². The van der Waals surface area contributed by atoms with E-state index in [-0.39, 0.29) is 10.8 Å². The Balaban J connectivity index is 2.23. The van der Waals surface area contributed by atoms with Crippen molar-refractivity contribution < 1.29 is 0 Å². The Morgan fingerprint density at radius 2 is 1.28 bits per heavy atom. The number of nitrogen functional groups attached to an aromatic ring is 1. The minimum Gasteiger partial charge on any atom is -0.398 e. The number of nitrogens with two attached hydrogens (primary N) is 1. The predicted octanol–water partition coefficient (Wildman–Crippen LogP) is 6.80. The van der Waals surface area contributed by atoms with Gasteiger partial charge in [-0.1, -0.05) is 89.2 Å². The van der Waals surface area contributed by atoms with E-state index in [9.17, 15) is 0 Å². The second kappa shape index (κ2) is 6.22. The molecule has 0 amide bonds. The van der Waals surface area contributed by atoms with Crippen LogP contribution in [0.1, 0.15) is 46.6 Å². The highest BCUT2D eigenvalue weighted by Crippen LogP contribution is 2.42. The van der Waals surface area contributed by atoms with Gasteiger partial charge in [0, 0.05) is 11.1 Å². The van der Waals surface area contributed by atoms with Crippen LogP contribution in [0.15, 0.2) is 60.7 Å². The molecule has 0 aliphatic heterocycles. The van der Waals surface area contributed by atoms with Gasteiger partial charge in [0.25, 0.3) is 0 Å². The first kappa shape index (κ1) is 17.5. The third-order valence-corrected chi connectivity index (χ3v) is 4.88. The fourth-order valence-electron chi connectivity index (χ4n) is 4.29. The molecule has 0 spiro atoms. The number of benzene rings is 3. The van der Waals surface area contributed by atoms with E-state index in [2.05, 4.69) is 89.2 Å². The van der Waals surface area contributed by atoms with E-state index in [1.54, 1.807) is 0 Å². The van der Waals surface area contributed by atoms with Gasteiger partial charge in [-0.2, -0.15) is 0 Å². The maximum absolute atomic E-state index is 6.21. The van der Waals surface area contributed by atoms with Crippen LogP contribution < -0.4 is 5.73 Å². The molecule has 0 aliphatic carbocycles. The minimum absolute atomic E-state index is 0.0946. The van der Waals surface area contributed by atoms with Crippen LogP contribution in [0.3, 0.4) is 0 Å². The second-order valence-corrected chi connectivity index (χ2v) is 8.91. The van der Waals surface area contributed by atoms with Gasteiger partial charge in [0.05, 0.1) is 0 Å². The maximum Gasteiger partial charge on any atom is 0.0394 e. The lowest BCUT2D eigenvalue weighted by Gasteiger charge is -2.34. The summed E-state index contributed by atoms with van der Waals surface area (Å²) < 4.78 is 0. The van der Waals surface area contributed by atoms with Gasteiger partial charge in [0.1, 0.15) is 0 Å². The van der Waals surface area contributed by atoms with Crippen molar-refractivity contribution >= 4 is 16.5 Å². The van der Waals surface area contributed by atoms with E-state index in [1.165, 1.54) is 22.1 Å². The van der Waals surface area contributed by atoms with Gasteiger partial charge in [-0.15, -0.1) is 0 Å². The number of rotatable bonds is 3. The Labute approximate surface area is 151 Å². The fourth-order valence-corrected chi connectivity index (χ4v) is 4.29. The zero-order chi connectivity index (χ0) is 18.2. The molecule has 0 radical (unpaired) electrons. The number of hydrogen-bond acceptors (Lipinski definition) is 1. The summed E-state index contributed by atoms with van der Waals surface area (Å²) in [5, 5.41) is 2.35. The lowest BCUT2D eigenvalue weighted by Crippen LogP contribution is -2.25. The van der Waals surface area contributed by atoms with Crippen LogP contribution in [0.2, 0.25) is 0 Å². The first-order valence-corrected chi connectivity index (χ1v) is 9.06. The van der Waals surface area contributed by atoms with Crippen molar-refractivity contribution in [3.8, 4) is 11.1 Å². The van der Waals surface area contributed by atoms with Crippen molar-refractivity contribution in [1.29, 1.82) is 0 Å². The van der Waals surface area contributed by atoms with E-state index in [4.69, 9.17) is 5.73 Å². The summed E-state index contributed by atoms with van der Waals surface area (Å²) in [6, 6.07) is 21.5. The van der Waals surface area contributed by atoms with Crippen LogP contribution in [-0.4, -0.2) is 0 Å². The standard InChI is InChI=1S/C24H29N/c1-23(2,3)16-24(4,5)21-13-9-8-11-19(21)18-14-15-22(25)20-12-7-6-10-17(18)20/h6-15H,16,25H2,1-5H3. The largest absolute Gasteiger partial charge is 0.398 e. The molecule has 0 bridgehead atoms. The lowest BCUT2D eigenvalue weighted by molar-refractivity contribution is 0.284. The quantitative estimate of drug-likeness (QED) is 0.524. The summed E-state index contributed by atoms with van der Waals surface area (Å²) in [7, 11) is 0. The van der Waals surface area contributed by atoms with E-state index in [1.807, 2.05) is 6.07 Å². The molecular formula is C24H29N. The third-order valence-electron chi connectivity index (χ3n) is 4.88. The normalized spacial score (nSPS) is 12.5. The Bertz CT molecular complexity index is 897. The smallest absolute Gasteiger partial charge is 0.0394 e. The Hall–Kier alpha value is -2.28. The van der Waals surface area contributed by atoms with E-state index in [0.717, 1.165) is 17.5 Å². The zero-order valence-corrected chi connectivity index (χ0v) is 16.1. The van der Waals surface area contributed by atoms with Crippen molar-refractivity contribution in [1.82, 2.24) is 0 Å². The van der Waals surface area contributed by atoms with Crippen molar-refractivity contribution in [2.24, 2.45) is 5.41 Å². The average molecular weight is 332 g/mol. The molecule has 3 aromatic rings. The van der Waals surface area contributed by atoms with Crippen LogP contribution in [0.5, 0.6) is 0 Å².